The summed E-state index contributed by atoms with van der Waals surface area (Å²) in [7, 11) is 0. The van der Waals surface area contributed by atoms with E-state index in [-0.39, 0.29) is 18.4 Å². The molecule has 1 aromatic rings. The van der Waals surface area contributed by atoms with Gasteiger partial charge in [0.2, 0.25) is 0 Å². The van der Waals surface area contributed by atoms with E-state index >= 15 is 0 Å². The van der Waals surface area contributed by atoms with Gasteiger partial charge in [0, 0.05) is 12.2 Å². The lowest BCUT2D eigenvalue weighted by atomic mass is 10.1. The minimum Gasteiger partial charge on any atom is -0.489 e. The van der Waals surface area contributed by atoms with Crippen molar-refractivity contribution in [2.75, 3.05) is 18.5 Å². The Kier molecular flexibility index (Phi) is 3.10. The third-order valence-electron chi connectivity index (χ3n) is 2.66. The number of hydrogen-bond acceptors (Lipinski definition) is 4. The molecule has 0 amide bonds. The van der Waals surface area contributed by atoms with Crippen molar-refractivity contribution in [3.8, 4) is 5.75 Å². The zero-order valence-electron chi connectivity index (χ0n) is 9.19. The monoisotopic (exact) mass is 221 g/mol. The highest BCUT2D eigenvalue weighted by Crippen LogP contribution is 2.30. The number of carbonyl (C=O) groups is 1. The van der Waals surface area contributed by atoms with Gasteiger partial charge in [-0.2, -0.15) is 0 Å². The maximum Gasteiger partial charge on any atom is 0.159 e. The lowest BCUT2D eigenvalue weighted by molar-refractivity contribution is 0.101. The van der Waals surface area contributed by atoms with Crippen molar-refractivity contribution >= 4 is 11.5 Å². The SMILES string of the molecule is CC(=O)c1ccc2c(c1)NC(CCO)CO2. The number of fused-ring (bicyclic) bond motifs is 1. The molecule has 0 radical (unpaired) electrons. The van der Waals surface area contributed by atoms with Gasteiger partial charge in [0.15, 0.2) is 5.78 Å². The van der Waals surface area contributed by atoms with Crippen LogP contribution in [-0.2, 0) is 0 Å². The van der Waals surface area contributed by atoms with Crippen molar-refractivity contribution in [2.24, 2.45) is 0 Å². The fourth-order valence-electron chi connectivity index (χ4n) is 1.75. The van der Waals surface area contributed by atoms with Crippen molar-refractivity contribution in [3.63, 3.8) is 0 Å². The van der Waals surface area contributed by atoms with Crippen LogP contribution in [0, 0.1) is 0 Å². The second kappa shape index (κ2) is 4.53. The third kappa shape index (κ3) is 2.17. The molecule has 1 aliphatic rings. The number of carbonyl (C=O) groups excluding carboxylic acids is 1. The largest absolute Gasteiger partial charge is 0.489 e. The highest BCUT2D eigenvalue weighted by atomic mass is 16.5. The molecule has 0 fully saturated rings. The number of anilines is 1. The first-order valence-electron chi connectivity index (χ1n) is 5.36. The van der Waals surface area contributed by atoms with Crippen LogP contribution in [0.25, 0.3) is 0 Å². The summed E-state index contributed by atoms with van der Waals surface area (Å²) >= 11 is 0. The Morgan fingerprint density at radius 2 is 2.44 bits per heavy atom. The number of aliphatic hydroxyl groups excluding tert-OH is 1. The first kappa shape index (κ1) is 11.0. The first-order chi connectivity index (χ1) is 7.70. The molecule has 86 valence electrons. The number of aliphatic hydroxyl groups is 1. The standard InChI is InChI=1S/C12H15NO3/c1-8(15)9-2-3-12-11(6-9)13-10(4-5-14)7-16-12/h2-3,6,10,13-14H,4-5,7H2,1H3. The number of nitrogens with one attached hydrogen (secondary N) is 1. The predicted molar refractivity (Wildman–Crippen MR) is 61.1 cm³/mol. The second-order valence-corrected chi connectivity index (χ2v) is 3.93. The number of benzene rings is 1. The van der Waals surface area contributed by atoms with Crippen LogP contribution >= 0.6 is 0 Å². The van der Waals surface area contributed by atoms with Gasteiger partial charge in [-0.05, 0) is 31.5 Å². The van der Waals surface area contributed by atoms with E-state index in [4.69, 9.17) is 9.84 Å². The molecule has 0 aliphatic carbocycles. The van der Waals surface area contributed by atoms with Gasteiger partial charge in [-0.3, -0.25) is 4.79 Å². The van der Waals surface area contributed by atoms with Gasteiger partial charge in [0.25, 0.3) is 0 Å². The number of ether oxygens (including phenoxy) is 1. The molecular formula is C12H15NO3. The van der Waals surface area contributed by atoms with Crippen LogP contribution in [-0.4, -0.2) is 30.1 Å². The van der Waals surface area contributed by atoms with Crippen molar-refractivity contribution in [3.05, 3.63) is 23.8 Å². The summed E-state index contributed by atoms with van der Waals surface area (Å²) in [6, 6.07) is 5.46. The Morgan fingerprint density at radius 3 is 3.12 bits per heavy atom. The Balaban J connectivity index is 2.21. The summed E-state index contributed by atoms with van der Waals surface area (Å²) in [5, 5.41) is 12.1. The lowest BCUT2D eigenvalue weighted by Crippen LogP contribution is -2.32. The van der Waals surface area contributed by atoms with E-state index in [0.29, 0.717) is 18.6 Å². The van der Waals surface area contributed by atoms with Gasteiger partial charge in [0.1, 0.15) is 12.4 Å². The van der Waals surface area contributed by atoms with Crippen molar-refractivity contribution in [2.45, 2.75) is 19.4 Å². The maximum absolute atomic E-state index is 11.2. The fourth-order valence-corrected chi connectivity index (χ4v) is 1.75. The first-order valence-corrected chi connectivity index (χ1v) is 5.36. The number of rotatable bonds is 3. The maximum atomic E-state index is 11.2. The summed E-state index contributed by atoms with van der Waals surface area (Å²) in [6.45, 7) is 2.21. The smallest absolute Gasteiger partial charge is 0.159 e. The quantitative estimate of drug-likeness (QED) is 0.758. The minimum atomic E-state index is 0.0360. The zero-order valence-corrected chi connectivity index (χ0v) is 9.19. The molecule has 4 heteroatoms. The van der Waals surface area contributed by atoms with E-state index in [9.17, 15) is 4.79 Å². The lowest BCUT2D eigenvalue weighted by Gasteiger charge is -2.27. The Morgan fingerprint density at radius 1 is 1.62 bits per heavy atom. The van der Waals surface area contributed by atoms with E-state index in [1.165, 1.54) is 6.92 Å². The summed E-state index contributed by atoms with van der Waals surface area (Å²) in [5.41, 5.74) is 1.50. The molecule has 4 nitrogen and oxygen atoms in total. The molecule has 0 aromatic heterocycles. The average Bonchev–Trinajstić information content (AvgIpc) is 2.28. The summed E-state index contributed by atoms with van der Waals surface area (Å²) < 4.78 is 5.54. The van der Waals surface area contributed by atoms with Crippen LogP contribution in [0.15, 0.2) is 18.2 Å². The van der Waals surface area contributed by atoms with Crippen LogP contribution in [0.4, 0.5) is 5.69 Å². The zero-order chi connectivity index (χ0) is 11.5. The molecule has 16 heavy (non-hydrogen) atoms. The molecule has 1 unspecified atom stereocenters. The van der Waals surface area contributed by atoms with Gasteiger partial charge < -0.3 is 15.2 Å². The molecule has 0 bridgehead atoms. The molecule has 1 atom stereocenters. The number of ketones is 1. The van der Waals surface area contributed by atoms with Crippen molar-refractivity contribution in [1.29, 1.82) is 0 Å². The molecule has 1 heterocycles. The van der Waals surface area contributed by atoms with E-state index in [1.54, 1.807) is 18.2 Å². The fraction of sp³-hybridized carbons (Fsp3) is 0.417. The molecule has 1 aliphatic heterocycles. The molecule has 2 rings (SSSR count). The third-order valence-corrected chi connectivity index (χ3v) is 2.66. The van der Waals surface area contributed by atoms with Gasteiger partial charge >= 0.3 is 0 Å². The highest BCUT2D eigenvalue weighted by Gasteiger charge is 2.18. The van der Waals surface area contributed by atoms with Crippen LogP contribution in [0.1, 0.15) is 23.7 Å². The van der Waals surface area contributed by atoms with E-state index in [1.807, 2.05) is 0 Å². The number of hydrogen-bond donors (Lipinski definition) is 2. The van der Waals surface area contributed by atoms with E-state index in [0.717, 1.165) is 11.4 Å². The average molecular weight is 221 g/mol. The predicted octanol–water partition coefficient (Wildman–Crippen LogP) is 1.44. The molecule has 0 saturated heterocycles. The summed E-state index contributed by atoms with van der Waals surface area (Å²) in [6.07, 6.45) is 0.643. The van der Waals surface area contributed by atoms with Crippen LogP contribution < -0.4 is 10.1 Å². The number of Topliss-reactive ketones (excluding diaryl/α,β-unsaturated/α-hetero) is 1. The van der Waals surface area contributed by atoms with Crippen molar-refractivity contribution in [1.82, 2.24) is 0 Å². The van der Waals surface area contributed by atoms with Crippen LogP contribution in [0.2, 0.25) is 0 Å². The van der Waals surface area contributed by atoms with Gasteiger partial charge in [-0.1, -0.05) is 0 Å². The molecule has 0 saturated carbocycles. The molecule has 2 N–H and O–H groups in total. The summed E-state index contributed by atoms with van der Waals surface area (Å²) in [4.78, 5) is 11.2. The molecule has 0 spiro atoms. The Bertz CT molecular complexity index is 403. The van der Waals surface area contributed by atoms with E-state index < -0.39 is 0 Å². The van der Waals surface area contributed by atoms with Crippen LogP contribution in [0.3, 0.4) is 0 Å². The van der Waals surface area contributed by atoms with Gasteiger partial charge in [-0.15, -0.1) is 0 Å². The molecular weight excluding hydrogens is 206 g/mol. The highest BCUT2D eigenvalue weighted by molar-refractivity contribution is 5.95. The minimum absolute atomic E-state index is 0.0360. The Labute approximate surface area is 94.2 Å². The van der Waals surface area contributed by atoms with E-state index in [2.05, 4.69) is 5.32 Å². The van der Waals surface area contributed by atoms with Gasteiger partial charge in [0.05, 0.1) is 11.7 Å². The van der Waals surface area contributed by atoms with Crippen molar-refractivity contribution < 1.29 is 14.6 Å². The Hall–Kier alpha value is -1.55. The van der Waals surface area contributed by atoms with Gasteiger partial charge in [-0.25, -0.2) is 0 Å². The molecule has 1 aromatic carbocycles. The normalized spacial score (nSPS) is 18.2. The van der Waals surface area contributed by atoms with Crippen LogP contribution in [0.5, 0.6) is 5.75 Å². The summed E-state index contributed by atoms with van der Waals surface area (Å²) in [5.74, 6) is 0.799. The second-order valence-electron chi connectivity index (χ2n) is 3.93. The topological polar surface area (TPSA) is 58.6 Å².